The van der Waals surface area contributed by atoms with Crippen LogP contribution in [0.4, 0.5) is 30.7 Å². The van der Waals surface area contributed by atoms with Crippen LogP contribution in [0.3, 0.4) is 0 Å². The molecule has 0 spiro atoms. The van der Waals surface area contributed by atoms with Crippen molar-refractivity contribution in [2.75, 3.05) is 7.11 Å². The zero-order valence-corrected chi connectivity index (χ0v) is 23.5. The van der Waals surface area contributed by atoms with E-state index in [1.54, 1.807) is 0 Å². The van der Waals surface area contributed by atoms with Crippen LogP contribution in [0.2, 0.25) is 10.0 Å². The molecule has 1 N–H and O–H groups in total. The van der Waals surface area contributed by atoms with Gasteiger partial charge < -0.3 is 10.1 Å². The molecule has 226 valence electrons. The van der Waals surface area contributed by atoms with E-state index in [1.165, 1.54) is 54.6 Å². The molecule has 0 aliphatic rings. The summed E-state index contributed by atoms with van der Waals surface area (Å²) in [6.45, 7) is 0. The highest BCUT2D eigenvalue weighted by molar-refractivity contribution is 6.30. The molecule has 0 saturated heterocycles. The summed E-state index contributed by atoms with van der Waals surface area (Å²) in [5, 5.41) is 2.55. The Bertz CT molecular complexity index is 1600. The number of methoxy groups -OCH3 is 1. The van der Waals surface area contributed by atoms with E-state index in [2.05, 4.69) is 10.3 Å². The molecular weight excluding hydrogens is 624 g/mol. The molecule has 0 bridgehead atoms. The molecule has 0 unspecified atom stereocenters. The van der Waals surface area contributed by atoms with Crippen molar-refractivity contribution in [2.24, 2.45) is 0 Å². The van der Waals surface area contributed by atoms with Crippen LogP contribution in [0.25, 0.3) is 0 Å². The third-order valence-electron chi connectivity index (χ3n) is 6.77. The van der Waals surface area contributed by atoms with Crippen molar-refractivity contribution in [3.05, 3.63) is 135 Å². The molecule has 1 amide bonds. The van der Waals surface area contributed by atoms with Crippen LogP contribution in [0.15, 0.2) is 91.1 Å². The van der Waals surface area contributed by atoms with Crippen LogP contribution in [0, 0.1) is 5.82 Å². The number of hydrogen-bond acceptors (Lipinski definition) is 3. The van der Waals surface area contributed by atoms with Crippen molar-refractivity contribution in [1.29, 1.82) is 0 Å². The average Bonchev–Trinajstić information content (AvgIpc) is 2.93. The SMILES string of the molecule is CO[C@](C(=O)N[C@](Cc1cccc(Cl)c1)(c1cc(F)cc(C(F)(F)F)c1)c1ccc(Cl)cn1)(c1ccccc1)C(F)(F)F. The van der Waals surface area contributed by atoms with Gasteiger partial charge in [0, 0.05) is 30.3 Å². The van der Waals surface area contributed by atoms with E-state index in [1.807, 2.05) is 0 Å². The van der Waals surface area contributed by atoms with E-state index >= 15 is 0 Å². The predicted octanol–water partition coefficient (Wildman–Crippen LogP) is 8.25. The Morgan fingerprint density at radius 1 is 0.814 bits per heavy atom. The lowest BCUT2D eigenvalue weighted by molar-refractivity contribution is -0.266. The van der Waals surface area contributed by atoms with Gasteiger partial charge >= 0.3 is 12.4 Å². The van der Waals surface area contributed by atoms with Gasteiger partial charge in [-0.15, -0.1) is 0 Å². The quantitative estimate of drug-likeness (QED) is 0.197. The zero-order chi connectivity index (χ0) is 31.6. The van der Waals surface area contributed by atoms with Crippen LogP contribution in [-0.2, 0) is 33.3 Å². The van der Waals surface area contributed by atoms with Gasteiger partial charge in [-0.05, 0) is 53.6 Å². The molecule has 4 rings (SSSR count). The number of aromatic nitrogens is 1. The maximum Gasteiger partial charge on any atom is 0.430 e. The summed E-state index contributed by atoms with van der Waals surface area (Å²) in [4.78, 5) is 18.2. The Kier molecular flexibility index (Phi) is 9.10. The number of alkyl halides is 6. The van der Waals surface area contributed by atoms with Crippen molar-refractivity contribution < 1.29 is 40.3 Å². The van der Waals surface area contributed by atoms with Crippen molar-refractivity contribution >= 4 is 29.1 Å². The molecule has 0 aliphatic carbocycles. The molecule has 0 saturated carbocycles. The van der Waals surface area contributed by atoms with E-state index in [0.717, 1.165) is 18.3 Å². The molecule has 2 atom stereocenters. The Balaban J connectivity index is 2.07. The summed E-state index contributed by atoms with van der Waals surface area (Å²) in [7, 11) is 0.670. The minimum absolute atomic E-state index is 0.0766. The molecule has 0 radical (unpaired) electrons. The van der Waals surface area contributed by atoms with Gasteiger partial charge in [0.25, 0.3) is 11.5 Å². The van der Waals surface area contributed by atoms with Gasteiger partial charge in [-0.25, -0.2) is 4.39 Å². The number of ether oxygens (including phenoxy) is 1. The first kappa shape index (κ1) is 32.2. The minimum Gasteiger partial charge on any atom is -0.356 e. The number of amides is 1. The van der Waals surface area contributed by atoms with Gasteiger partial charge in [0.1, 0.15) is 11.4 Å². The molecule has 13 heteroatoms. The standard InChI is InChI=1S/C30H21Cl2F7N2O2/c1-43-28(30(37,38)39,19-7-3-2-4-8-19)26(42)41-27(25-11-10-23(32)17-40-25,16-18-6-5-9-22(31)12-18)20-13-21(29(34,35)36)15-24(33)14-20/h2-15,17H,16H2,1H3,(H,41,42)/t27-,28+/m1/s1. The van der Waals surface area contributed by atoms with E-state index < -0.39 is 58.3 Å². The summed E-state index contributed by atoms with van der Waals surface area (Å²) < 4.78 is 106. The molecule has 1 aromatic heterocycles. The van der Waals surface area contributed by atoms with E-state index in [-0.39, 0.29) is 27.4 Å². The average molecular weight is 645 g/mol. The fourth-order valence-corrected chi connectivity index (χ4v) is 5.13. The number of rotatable bonds is 8. The zero-order valence-electron chi connectivity index (χ0n) is 22.0. The van der Waals surface area contributed by atoms with Crippen LogP contribution in [0.1, 0.15) is 27.9 Å². The molecule has 3 aromatic carbocycles. The Hall–Kier alpha value is -3.67. The first-order chi connectivity index (χ1) is 20.1. The number of hydrogen-bond donors (Lipinski definition) is 1. The summed E-state index contributed by atoms with van der Waals surface area (Å²) in [5.41, 5.74) is -8.58. The molecular formula is C30H21Cl2F7N2O2. The van der Waals surface area contributed by atoms with Gasteiger partial charge in [-0.1, -0.05) is 65.7 Å². The fraction of sp³-hybridized carbons (Fsp3) is 0.200. The summed E-state index contributed by atoms with van der Waals surface area (Å²) in [6, 6.07) is 15.7. The molecule has 0 fully saturated rings. The normalized spacial score (nSPS) is 14.9. The number of nitrogens with one attached hydrogen (secondary N) is 1. The van der Waals surface area contributed by atoms with Crippen LogP contribution < -0.4 is 5.32 Å². The number of halogens is 9. The largest absolute Gasteiger partial charge is 0.430 e. The van der Waals surface area contributed by atoms with Crippen molar-refractivity contribution in [1.82, 2.24) is 10.3 Å². The Labute approximate surface area is 251 Å². The van der Waals surface area contributed by atoms with Crippen LogP contribution in [-0.4, -0.2) is 24.2 Å². The van der Waals surface area contributed by atoms with Gasteiger partial charge in [0.2, 0.25) is 0 Å². The lowest BCUT2D eigenvalue weighted by Gasteiger charge is -2.40. The number of nitrogens with zero attached hydrogens (tertiary/aromatic N) is 1. The van der Waals surface area contributed by atoms with Gasteiger partial charge in [0.15, 0.2) is 0 Å². The second kappa shape index (κ2) is 12.1. The highest BCUT2D eigenvalue weighted by Gasteiger charge is 2.64. The molecule has 4 nitrogen and oxygen atoms in total. The second-order valence-electron chi connectivity index (χ2n) is 9.50. The van der Waals surface area contributed by atoms with Crippen molar-refractivity contribution in [3.63, 3.8) is 0 Å². The Morgan fingerprint density at radius 3 is 2.05 bits per heavy atom. The molecule has 43 heavy (non-hydrogen) atoms. The number of pyridine rings is 1. The number of benzene rings is 3. The van der Waals surface area contributed by atoms with Gasteiger partial charge in [0.05, 0.1) is 16.3 Å². The number of carbonyl (C=O) groups excluding carboxylic acids is 1. The maximum absolute atomic E-state index is 14.9. The summed E-state index contributed by atoms with van der Waals surface area (Å²) in [6.07, 6.45) is -9.85. The predicted molar refractivity (Wildman–Crippen MR) is 146 cm³/mol. The topological polar surface area (TPSA) is 51.2 Å². The third kappa shape index (κ3) is 6.48. The van der Waals surface area contributed by atoms with E-state index in [0.29, 0.717) is 19.2 Å². The molecule has 1 heterocycles. The van der Waals surface area contributed by atoms with Crippen molar-refractivity contribution in [3.8, 4) is 0 Å². The minimum atomic E-state index is -5.37. The molecule has 4 aromatic rings. The second-order valence-corrected chi connectivity index (χ2v) is 10.4. The molecule has 0 aliphatic heterocycles. The monoisotopic (exact) mass is 644 g/mol. The van der Waals surface area contributed by atoms with Crippen molar-refractivity contribution in [2.45, 2.75) is 29.9 Å². The number of carbonyl (C=O) groups is 1. The lowest BCUT2D eigenvalue weighted by Crippen LogP contribution is -2.61. The van der Waals surface area contributed by atoms with E-state index in [4.69, 9.17) is 27.9 Å². The fourth-order valence-electron chi connectivity index (χ4n) is 4.81. The maximum atomic E-state index is 14.9. The summed E-state index contributed by atoms with van der Waals surface area (Å²) >= 11 is 12.1. The Morgan fingerprint density at radius 2 is 1.49 bits per heavy atom. The summed E-state index contributed by atoms with van der Waals surface area (Å²) in [5.74, 6) is -3.16. The van der Waals surface area contributed by atoms with Crippen LogP contribution >= 0.6 is 23.2 Å². The first-order valence-electron chi connectivity index (χ1n) is 12.4. The van der Waals surface area contributed by atoms with Crippen LogP contribution in [0.5, 0.6) is 0 Å². The smallest absolute Gasteiger partial charge is 0.356 e. The van der Waals surface area contributed by atoms with E-state index in [9.17, 15) is 35.5 Å². The lowest BCUT2D eigenvalue weighted by atomic mass is 9.78. The van der Waals surface area contributed by atoms with Gasteiger partial charge in [-0.3, -0.25) is 9.78 Å². The highest BCUT2D eigenvalue weighted by Crippen LogP contribution is 2.45. The van der Waals surface area contributed by atoms with Gasteiger partial charge in [-0.2, -0.15) is 26.3 Å². The first-order valence-corrected chi connectivity index (χ1v) is 13.1. The third-order valence-corrected chi connectivity index (χ3v) is 7.23. The highest BCUT2D eigenvalue weighted by atomic mass is 35.5.